The molecule has 23 heavy (non-hydrogen) atoms. The first-order chi connectivity index (χ1) is 11.1. The summed E-state index contributed by atoms with van der Waals surface area (Å²) >= 11 is 5.86. The Kier molecular flexibility index (Phi) is 4.23. The van der Waals surface area contributed by atoms with Crippen LogP contribution in [-0.4, -0.2) is 24.2 Å². The van der Waals surface area contributed by atoms with Gasteiger partial charge in [0.05, 0.1) is 12.3 Å². The van der Waals surface area contributed by atoms with Crippen molar-refractivity contribution in [3.63, 3.8) is 0 Å². The molecule has 2 aromatic carbocycles. The second kappa shape index (κ2) is 6.32. The normalized spacial score (nSPS) is 15.5. The number of hydrogen-bond acceptors (Lipinski definition) is 4. The van der Waals surface area contributed by atoms with Crippen LogP contribution >= 0.6 is 11.6 Å². The van der Waals surface area contributed by atoms with E-state index in [1.165, 1.54) is 4.90 Å². The van der Waals surface area contributed by atoms with Gasteiger partial charge in [0.15, 0.2) is 11.5 Å². The Morgan fingerprint density at radius 1 is 1.22 bits per heavy atom. The summed E-state index contributed by atoms with van der Waals surface area (Å²) in [5, 5.41) is 9.85. The van der Waals surface area contributed by atoms with Gasteiger partial charge in [-0.1, -0.05) is 23.7 Å². The van der Waals surface area contributed by atoms with Crippen LogP contribution in [0.25, 0.3) is 6.08 Å². The van der Waals surface area contributed by atoms with Crippen molar-refractivity contribution in [1.82, 2.24) is 0 Å². The summed E-state index contributed by atoms with van der Waals surface area (Å²) in [5.74, 6) is 0.373. The van der Waals surface area contributed by atoms with Crippen LogP contribution in [0.2, 0.25) is 5.02 Å². The average molecular weight is 331 g/mol. The summed E-state index contributed by atoms with van der Waals surface area (Å²) in [5.41, 5.74) is 7.64. The fourth-order valence-electron chi connectivity index (χ4n) is 2.36. The summed E-state index contributed by atoms with van der Waals surface area (Å²) in [6.45, 7) is 0.00477. The van der Waals surface area contributed by atoms with Crippen molar-refractivity contribution in [2.75, 3.05) is 23.8 Å². The molecule has 0 fully saturated rings. The Bertz CT molecular complexity index is 772. The van der Waals surface area contributed by atoms with E-state index in [9.17, 15) is 9.90 Å². The lowest BCUT2D eigenvalue weighted by Crippen LogP contribution is -2.39. The van der Waals surface area contributed by atoms with Crippen LogP contribution in [0.3, 0.4) is 0 Å². The Labute approximate surface area is 138 Å². The molecule has 6 heteroatoms. The zero-order valence-corrected chi connectivity index (χ0v) is 13.0. The number of nitrogens with zero attached hydrogens (tertiary/aromatic N) is 1. The molecule has 0 aromatic heterocycles. The van der Waals surface area contributed by atoms with Crippen LogP contribution in [0.4, 0.5) is 11.4 Å². The maximum atomic E-state index is 12.6. The molecule has 1 aliphatic rings. The summed E-state index contributed by atoms with van der Waals surface area (Å²) in [6.07, 6.45) is 1.64. The van der Waals surface area contributed by atoms with E-state index >= 15 is 0 Å². The highest BCUT2D eigenvalue weighted by Gasteiger charge is 2.30. The van der Waals surface area contributed by atoms with Gasteiger partial charge in [0.1, 0.15) is 0 Å². The maximum Gasteiger partial charge on any atom is 0.294 e. The molecule has 0 bridgehead atoms. The maximum absolute atomic E-state index is 12.6. The molecule has 0 saturated carbocycles. The molecule has 0 radical (unpaired) electrons. The zero-order valence-electron chi connectivity index (χ0n) is 12.2. The van der Waals surface area contributed by atoms with Crippen molar-refractivity contribution in [2.45, 2.75) is 0 Å². The highest BCUT2D eigenvalue weighted by atomic mass is 35.5. The molecule has 0 unspecified atom stereocenters. The molecular weight excluding hydrogens is 316 g/mol. The number of rotatable bonds is 3. The number of aliphatic hydroxyl groups is 1. The van der Waals surface area contributed by atoms with Gasteiger partial charge in [-0.15, -0.1) is 0 Å². The van der Waals surface area contributed by atoms with E-state index in [4.69, 9.17) is 22.1 Å². The number of β-amino-alcohol motifs (C(OH)–C–C–N with tert-alkyl or cyclic N) is 1. The number of nitrogen functional groups attached to an aromatic ring is 1. The molecule has 0 atom stereocenters. The first kappa shape index (κ1) is 15.4. The predicted octanol–water partition coefficient (Wildman–Crippen LogP) is 2.68. The Morgan fingerprint density at radius 2 is 1.96 bits per heavy atom. The summed E-state index contributed by atoms with van der Waals surface area (Å²) in [7, 11) is 0. The highest BCUT2D eigenvalue weighted by Crippen LogP contribution is 2.37. The largest absolute Gasteiger partial charge is 0.449 e. The van der Waals surface area contributed by atoms with Crippen LogP contribution < -0.4 is 15.4 Å². The van der Waals surface area contributed by atoms with Gasteiger partial charge in [0, 0.05) is 17.3 Å². The monoisotopic (exact) mass is 330 g/mol. The van der Waals surface area contributed by atoms with E-state index in [0.29, 0.717) is 22.1 Å². The number of ether oxygens (including phenoxy) is 1. The number of fused-ring (bicyclic) bond motifs is 1. The van der Waals surface area contributed by atoms with Crippen LogP contribution in [0.15, 0.2) is 48.2 Å². The number of carbonyl (C=O) groups is 1. The minimum absolute atomic E-state index is 0.159. The van der Waals surface area contributed by atoms with Crippen molar-refractivity contribution in [2.24, 2.45) is 0 Å². The van der Waals surface area contributed by atoms with E-state index in [2.05, 4.69) is 0 Å². The fraction of sp³-hybridized carbons (Fsp3) is 0.118. The minimum Gasteiger partial charge on any atom is -0.449 e. The number of nitrogens with two attached hydrogens (primary N) is 1. The fourth-order valence-corrected chi connectivity index (χ4v) is 2.49. The van der Waals surface area contributed by atoms with Crippen molar-refractivity contribution in [3.05, 3.63) is 58.8 Å². The lowest BCUT2D eigenvalue weighted by Gasteiger charge is -2.30. The third-order valence-electron chi connectivity index (χ3n) is 3.44. The standard InChI is InChI=1S/C17H15ClN2O3/c18-12-3-1-11(2-4-12)9-16-17(22)20(7-8-21)14-10-13(19)5-6-15(14)23-16/h1-6,9-10,21H,7-8,19H2/b16-9+. The molecule has 2 aromatic rings. The Hall–Kier alpha value is -2.50. The van der Waals surface area contributed by atoms with Crippen molar-refractivity contribution < 1.29 is 14.6 Å². The van der Waals surface area contributed by atoms with Crippen LogP contribution in [0.1, 0.15) is 5.56 Å². The van der Waals surface area contributed by atoms with Gasteiger partial charge in [-0.2, -0.15) is 0 Å². The van der Waals surface area contributed by atoms with E-state index in [1.54, 1.807) is 48.5 Å². The number of halogens is 1. The Morgan fingerprint density at radius 3 is 2.65 bits per heavy atom. The SMILES string of the molecule is Nc1ccc2c(c1)N(CCO)C(=O)/C(=C\c1ccc(Cl)cc1)O2. The molecule has 1 heterocycles. The first-order valence-electron chi connectivity index (χ1n) is 7.06. The second-order valence-corrected chi connectivity index (χ2v) is 5.51. The van der Waals surface area contributed by atoms with Crippen LogP contribution in [-0.2, 0) is 4.79 Å². The summed E-state index contributed by atoms with van der Waals surface area (Å²) in [6, 6.07) is 12.1. The third-order valence-corrected chi connectivity index (χ3v) is 3.69. The van der Waals surface area contributed by atoms with Gasteiger partial charge in [-0.05, 0) is 42.0 Å². The van der Waals surface area contributed by atoms with Gasteiger partial charge in [-0.25, -0.2) is 0 Å². The van der Waals surface area contributed by atoms with Gasteiger partial charge < -0.3 is 15.6 Å². The van der Waals surface area contributed by atoms with Crippen molar-refractivity contribution in [1.29, 1.82) is 0 Å². The van der Waals surface area contributed by atoms with Gasteiger partial charge >= 0.3 is 0 Å². The van der Waals surface area contributed by atoms with Gasteiger partial charge in [0.25, 0.3) is 5.91 Å². The van der Waals surface area contributed by atoms with Crippen molar-refractivity contribution >= 4 is 35.0 Å². The van der Waals surface area contributed by atoms with Crippen molar-refractivity contribution in [3.8, 4) is 5.75 Å². The number of amides is 1. The average Bonchev–Trinajstić information content (AvgIpc) is 2.54. The summed E-state index contributed by atoms with van der Waals surface area (Å²) in [4.78, 5) is 14.1. The van der Waals surface area contributed by atoms with E-state index in [0.717, 1.165) is 5.56 Å². The van der Waals surface area contributed by atoms with Gasteiger partial charge in [0.2, 0.25) is 0 Å². The lowest BCUT2D eigenvalue weighted by atomic mass is 10.1. The van der Waals surface area contributed by atoms with Crippen LogP contribution in [0, 0.1) is 0 Å². The quantitative estimate of drug-likeness (QED) is 0.670. The Balaban J connectivity index is 2.02. The number of carbonyl (C=O) groups excluding carboxylic acids is 1. The molecule has 118 valence electrons. The molecule has 3 rings (SSSR count). The van der Waals surface area contributed by atoms with Crippen LogP contribution in [0.5, 0.6) is 5.75 Å². The topological polar surface area (TPSA) is 75.8 Å². The smallest absolute Gasteiger partial charge is 0.294 e. The summed E-state index contributed by atoms with van der Waals surface area (Å²) < 4.78 is 5.71. The molecular formula is C17H15ClN2O3. The number of benzene rings is 2. The van der Waals surface area contributed by atoms with Gasteiger partial charge in [-0.3, -0.25) is 9.69 Å². The highest BCUT2D eigenvalue weighted by molar-refractivity contribution is 6.30. The molecule has 0 aliphatic carbocycles. The number of hydrogen-bond donors (Lipinski definition) is 2. The third kappa shape index (κ3) is 3.16. The molecule has 0 saturated heterocycles. The second-order valence-electron chi connectivity index (χ2n) is 5.07. The van der Waals surface area contributed by atoms with E-state index < -0.39 is 0 Å². The minimum atomic E-state index is -0.327. The molecule has 0 spiro atoms. The number of aliphatic hydroxyl groups excluding tert-OH is 1. The lowest BCUT2D eigenvalue weighted by molar-refractivity contribution is -0.117. The predicted molar refractivity (Wildman–Crippen MR) is 90.4 cm³/mol. The first-order valence-corrected chi connectivity index (χ1v) is 7.43. The number of anilines is 2. The molecule has 3 N–H and O–H groups in total. The zero-order chi connectivity index (χ0) is 16.4. The van der Waals surface area contributed by atoms with E-state index in [-0.39, 0.29) is 24.8 Å². The molecule has 1 amide bonds. The molecule has 5 nitrogen and oxygen atoms in total. The van der Waals surface area contributed by atoms with E-state index in [1.807, 2.05) is 0 Å². The molecule has 1 aliphatic heterocycles.